The number of nitrogens with zero attached hydrogens (tertiary/aromatic N) is 2. The molecule has 0 radical (unpaired) electrons. The van der Waals surface area contributed by atoms with Crippen molar-refractivity contribution >= 4 is 40.6 Å². The Morgan fingerprint density at radius 3 is 2.36 bits per heavy atom. The average molecular weight is 630 g/mol. The van der Waals surface area contributed by atoms with Crippen molar-refractivity contribution in [1.82, 2.24) is 15.0 Å². The lowest BCUT2D eigenvalue weighted by Crippen LogP contribution is -2.44. The molecule has 45 heavy (non-hydrogen) atoms. The quantitative estimate of drug-likeness (QED) is 0.196. The summed E-state index contributed by atoms with van der Waals surface area (Å²) in [6.07, 6.45) is 5.55. The van der Waals surface area contributed by atoms with Crippen molar-refractivity contribution in [3.63, 3.8) is 0 Å². The van der Waals surface area contributed by atoms with E-state index in [9.17, 15) is 18.8 Å². The van der Waals surface area contributed by atoms with Gasteiger partial charge >= 0.3 is 0 Å². The van der Waals surface area contributed by atoms with Gasteiger partial charge in [-0.05, 0) is 78.3 Å². The van der Waals surface area contributed by atoms with E-state index in [0.29, 0.717) is 30.0 Å². The number of aromatic nitrogens is 1. The zero-order chi connectivity index (χ0) is 31.8. The number of methoxy groups -OCH3 is 1. The normalized spacial score (nSPS) is 13.9. The minimum atomic E-state index is -1.21. The summed E-state index contributed by atoms with van der Waals surface area (Å²) in [6, 6.07) is 20.6. The number of benzene rings is 3. The van der Waals surface area contributed by atoms with Crippen LogP contribution in [0.1, 0.15) is 69.4 Å². The molecule has 11 heteroatoms. The maximum Gasteiger partial charge on any atom is 0.273 e. The van der Waals surface area contributed by atoms with Crippen LogP contribution in [0.5, 0.6) is 5.75 Å². The highest BCUT2D eigenvalue weighted by molar-refractivity contribution is 7.09. The van der Waals surface area contributed by atoms with E-state index in [0.717, 1.165) is 49.2 Å². The van der Waals surface area contributed by atoms with Gasteiger partial charge in [0, 0.05) is 18.3 Å². The molecule has 5 rings (SSSR count). The first-order chi connectivity index (χ1) is 21.9. The van der Waals surface area contributed by atoms with E-state index >= 15 is 0 Å². The van der Waals surface area contributed by atoms with Crippen LogP contribution < -0.4 is 26.0 Å². The summed E-state index contributed by atoms with van der Waals surface area (Å²) in [7, 11) is 1.53. The molecular formula is C34H36FN5O4S. The van der Waals surface area contributed by atoms with E-state index < -0.39 is 29.6 Å². The van der Waals surface area contributed by atoms with Gasteiger partial charge in [-0.25, -0.2) is 4.39 Å². The van der Waals surface area contributed by atoms with Crippen LogP contribution >= 0.6 is 11.5 Å². The van der Waals surface area contributed by atoms with Crippen LogP contribution in [0.4, 0.5) is 15.8 Å². The molecule has 0 spiro atoms. The molecule has 3 aromatic carbocycles. The molecule has 3 amide bonds. The van der Waals surface area contributed by atoms with Crippen LogP contribution in [-0.2, 0) is 11.2 Å². The second-order valence-electron chi connectivity index (χ2n) is 10.9. The second kappa shape index (κ2) is 14.8. The number of nitrogens with two attached hydrogens (primary N) is 1. The van der Waals surface area contributed by atoms with E-state index in [2.05, 4.69) is 15.0 Å². The van der Waals surface area contributed by atoms with E-state index in [-0.39, 0.29) is 22.3 Å². The van der Waals surface area contributed by atoms with Gasteiger partial charge in [0.15, 0.2) is 5.69 Å². The largest absolute Gasteiger partial charge is 0.497 e. The highest BCUT2D eigenvalue weighted by Gasteiger charge is 2.36. The molecule has 4 N–H and O–H groups in total. The average Bonchev–Trinajstić information content (AvgIpc) is 3.46. The van der Waals surface area contributed by atoms with Gasteiger partial charge in [0.2, 0.25) is 5.91 Å². The van der Waals surface area contributed by atoms with Gasteiger partial charge in [-0.3, -0.25) is 19.3 Å². The third-order valence-electron chi connectivity index (χ3n) is 7.90. The first-order valence-corrected chi connectivity index (χ1v) is 15.7. The summed E-state index contributed by atoms with van der Waals surface area (Å²) in [4.78, 5) is 42.9. The number of carbonyl (C=O) groups excluding carboxylic acids is 3. The van der Waals surface area contributed by atoms with Crippen molar-refractivity contribution in [3.8, 4) is 5.75 Å². The number of rotatable bonds is 11. The predicted molar refractivity (Wildman–Crippen MR) is 173 cm³/mol. The summed E-state index contributed by atoms with van der Waals surface area (Å²) in [5.41, 5.74) is 8.14. The lowest BCUT2D eigenvalue weighted by Gasteiger charge is -2.31. The van der Waals surface area contributed by atoms with Gasteiger partial charge in [0.25, 0.3) is 11.8 Å². The van der Waals surface area contributed by atoms with Crippen molar-refractivity contribution in [2.45, 2.75) is 50.6 Å². The number of hydrogen-bond donors (Lipinski definition) is 3. The van der Waals surface area contributed by atoms with Crippen LogP contribution in [0, 0.1) is 5.82 Å². The molecule has 0 unspecified atom stereocenters. The van der Waals surface area contributed by atoms with E-state index in [1.165, 1.54) is 36.3 Å². The minimum absolute atomic E-state index is 0.0174. The van der Waals surface area contributed by atoms with Crippen LogP contribution in [0.3, 0.4) is 0 Å². The summed E-state index contributed by atoms with van der Waals surface area (Å²) >= 11 is 0.804. The van der Waals surface area contributed by atoms with Crippen LogP contribution in [0.25, 0.3) is 0 Å². The zero-order valence-corrected chi connectivity index (χ0v) is 25.8. The third-order valence-corrected chi connectivity index (χ3v) is 8.75. The van der Waals surface area contributed by atoms with Gasteiger partial charge in [0.1, 0.15) is 22.5 Å². The molecule has 1 aliphatic rings. The van der Waals surface area contributed by atoms with Gasteiger partial charge in [-0.2, -0.15) is 4.37 Å². The van der Waals surface area contributed by atoms with Crippen LogP contribution in [0.2, 0.25) is 0 Å². The SMILES string of the molecule is COc1ccc(N(C(=O)c2snc(C(=O)NC3CCCCC3)c2N)[C@@H](C(=O)NCCc2ccccc2)c2ccc(F)cc2)cc1. The van der Waals surface area contributed by atoms with Crippen molar-refractivity contribution in [2.75, 3.05) is 24.3 Å². The second-order valence-corrected chi connectivity index (χ2v) is 11.7. The molecule has 1 saturated carbocycles. The first kappa shape index (κ1) is 31.6. The van der Waals surface area contributed by atoms with Crippen LogP contribution in [0.15, 0.2) is 78.9 Å². The summed E-state index contributed by atoms with van der Waals surface area (Å²) in [6.45, 7) is 0.305. The number of anilines is 2. The summed E-state index contributed by atoms with van der Waals surface area (Å²) < 4.78 is 23.6. The molecule has 0 aliphatic heterocycles. The Labute approximate surface area is 265 Å². The number of ether oxygens (including phenoxy) is 1. The molecule has 0 saturated heterocycles. The van der Waals surface area contributed by atoms with Gasteiger partial charge in [0.05, 0.1) is 12.8 Å². The Morgan fingerprint density at radius 2 is 1.69 bits per heavy atom. The Balaban J connectivity index is 1.49. The molecule has 1 aromatic heterocycles. The molecule has 234 valence electrons. The molecule has 1 atom stereocenters. The lowest BCUT2D eigenvalue weighted by molar-refractivity contribution is -0.122. The van der Waals surface area contributed by atoms with E-state index in [4.69, 9.17) is 10.5 Å². The molecule has 1 heterocycles. The molecule has 0 bridgehead atoms. The van der Waals surface area contributed by atoms with Crippen molar-refractivity contribution in [1.29, 1.82) is 0 Å². The van der Waals surface area contributed by atoms with E-state index in [1.54, 1.807) is 24.3 Å². The maximum absolute atomic E-state index is 14.4. The fourth-order valence-electron chi connectivity index (χ4n) is 5.49. The lowest BCUT2D eigenvalue weighted by atomic mass is 9.95. The fraction of sp³-hybridized carbons (Fsp3) is 0.294. The number of hydrogen-bond acceptors (Lipinski definition) is 7. The number of nitrogens with one attached hydrogen (secondary N) is 2. The first-order valence-electron chi connectivity index (χ1n) is 15.0. The van der Waals surface area contributed by atoms with E-state index in [1.807, 2.05) is 30.3 Å². The Hall–Kier alpha value is -4.77. The van der Waals surface area contributed by atoms with Crippen LogP contribution in [-0.4, -0.2) is 41.8 Å². The third kappa shape index (κ3) is 7.66. The monoisotopic (exact) mass is 629 g/mol. The topological polar surface area (TPSA) is 127 Å². The minimum Gasteiger partial charge on any atom is -0.497 e. The van der Waals surface area contributed by atoms with Gasteiger partial charge in [-0.1, -0.05) is 61.7 Å². The Morgan fingerprint density at radius 1 is 1.00 bits per heavy atom. The van der Waals surface area contributed by atoms with Crippen molar-refractivity contribution in [3.05, 3.63) is 106 Å². The number of carbonyl (C=O) groups is 3. The summed E-state index contributed by atoms with van der Waals surface area (Å²) in [5.74, 6) is -1.46. The predicted octanol–water partition coefficient (Wildman–Crippen LogP) is 5.68. The molecule has 4 aromatic rings. The molecule has 1 fully saturated rings. The molecular weight excluding hydrogens is 593 g/mol. The Bertz CT molecular complexity index is 1610. The molecule has 1 aliphatic carbocycles. The van der Waals surface area contributed by atoms with Gasteiger partial charge < -0.3 is 21.1 Å². The highest BCUT2D eigenvalue weighted by atomic mass is 32.1. The number of halogens is 1. The fourth-order valence-corrected chi connectivity index (χ4v) is 6.22. The summed E-state index contributed by atoms with van der Waals surface area (Å²) in [5, 5.41) is 5.95. The smallest absolute Gasteiger partial charge is 0.273 e. The zero-order valence-electron chi connectivity index (χ0n) is 25.0. The highest BCUT2D eigenvalue weighted by Crippen LogP contribution is 2.34. The number of amides is 3. The van der Waals surface area contributed by atoms with Gasteiger partial charge in [-0.15, -0.1) is 0 Å². The maximum atomic E-state index is 14.4. The number of nitrogen functional groups attached to an aromatic ring is 1. The standard InChI is InChI=1S/C34H36FN5O4S/c1-44-27-18-16-26(17-19-27)40(34(43)31-28(36)29(39-45-31)32(41)38-25-10-6-3-7-11-25)30(23-12-14-24(35)15-13-23)33(42)37-21-20-22-8-4-2-5-9-22/h2,4-5,8-9,12-19,25,30H,3,6-7,10-11,20-21,36H2,1H3,(H,37,42)(H,38,41)/t30-/m1/s1. The molecule has 9 nitrogen and oxygen atoms in total. The van der Waals surface area contributed by atoms with Crippen molar-refractivity contribution < 1.29 is 23.5 Å². The Kier molecular flexibility index (Phi) is 10.4. The van der Waals surface area contributed by atoms with Crippen molar-refractivity contribution in [2.24, 2.45) is 0 Å².